The Labute approximate surface area is 99.2 Å². The first-order chi connectivity index (χ1) is 7.56. The quantitative estimate of drug-likeness (QED) is 0.813. The third-order valence-corrected chi connectivity index (χ3v) is 2.40. The van der Waals surface area contributed by atoms with Crippen LogP contribution in [-0.2, 0) is 0 Å². The van der Waals surface area contributed by atoms with E-state index in [0.717, 1.165) is 0 Å². The first-order valence-corrected chi connectivity index (χ1v) is 5.65. The molecule has 0 aliphatic carbocycles. The number of pyridine rings is 1. The van der Waals surface area contributed by atoms with E-state index in [4.69, 9.17) is 11.6 Å². The predicted molar refractivity (Wildman–Crippen MR) is 64.0 cm³/mol. The van der Waals surface area contributed by atoms with E-state index >= 15 is 0 Å². The Bertz CT molecular complexity index is 414. The molecule has 5 heteroatoms. The molecule has 1 aromatic heterocycles. The molecular formula is C11H15ClN2O2. The molecule has 1 rings (SSSR count). The fourth-order valence-corrected chi connectivity index (χ4v) is 1.61. The Morgan fingerprint density at radius 1 is 1.56 bits per heavy atom. The number of amides is 1. The number of halogens is 1. The van der Waals surface area contributed by atoms with Crippen LogP contribution in [0.1, 0.15) is 24.2 Å². The zero-order valence-electron chi connectivity index (χ0n) is 9.37. The first kappa shape index (κ1) is 12.8. The molecule has 0 unspecified atom stereocenters. The van der Waals surface area contributed by atoms with Gasteiger partial charge in [0.25, 0.3) is 5.91 Å². The van der Waals surface area contributed by atoms with Crippen LogP contribution in [0.5, 0.6) is 0 Å². The van der Waals surface area contributed by atoms with Crippen LogP contribution in [0.25, 0.3) is 0 Å². The molecule has 0 bridgehead atoms. The van der Waals surface area contributed by atoms with Crippen LogP contribution in [0.15, 0.2) is 23.1 Å². The maximum atomic E-state index is 12.0. The summed E-state index contributed by atoms with van der Waals surface area (Å²) in [6, 6.07) is 2.95. The highest BCUT2D eigenvalue weighted by Crippen LogP contribution is 2.06. The van der Waals surface area contributed by atoms with Crippen molar-refractivity contribution in [1.82, 2.24) is 9.88 Å². The smallest absolute Gasteiger partial charge is 0.254 e. The van der Waals surface area contributed by atoms with Crippen LogP contribution in [0.3, 0.4) is 0 Å². The molecule has 0 saturated carbocycles. The summed E-state index contributed by atoms with van der Waals surface area (Å²) in [4.78, 5) is 27.3. The highest BCUT2D eigenvalue weighted by molar-refractivity contribution is 6.18. The lowest BCUT2D eigenvalue weighted by Gasteiger charge is -2.25. The van der Waals surface area contributed by atoms with Gasteiger partial charge in [-0.1, -0.05) is 0 Å². The van der Waals surface area contributed by atoms with Gasteiger partial charge in [-0.3, -0.25) is 9.59 Å². The average molecular weight is 243 g/mol. The Kier molecular flexibility index (Phi) is 4.55. The van der Waals surface area contributed by atoms with E-state index in [1.54, 1.807) is 11.0 Å². The second-order valence-corrected chi connectivity index (χ2v) is 4.10. The summed E-state index contributed by atoms with van der Waals surface area (Å²) in [6.45, 7) is 4.31. The van der Waals surface area contributed by atoms with Gasteiger partial charge in [-0.2, -0.15) is 0 Å². The minimum absolute atomic E-state index is 0.0607. The van der Waals surface area contributed by atoms with Gasteiger partial charge in [0.15, 0.2) is 0 Å². The van der Waals surface area contributed by atoms with Crippen molar-refractivity contribution in [3.8, 4) is 0 Å². The molecule has 4 nitrogen and oxygen atoms in total. The number of rotatable bonds is 4. The molecule has 0 radical (unpaired) electrons. The van der Waals surface area contributed by atoms with Gasteiger partial charge in [0.05, 0.1) is 0 Å². The summed E-state index contributed by atoms with van der Waals surface area (Å²) in [5.74, 6) is 0.217. The van der Waals surface area contributed by atoms with Crippen molar-refractivity contribution < 1.29 is 4.79 Å². The number of aromatic nitrogens is 1. The molecule has 1 N–H and O–H groups in total. The van der Waals surface area contributed by atoms with Crippen molar-refractivity contribution in [3.05, 3.63) is 34.2 Å². The van der Waals surface area contributed by atoms with E-state index in [9.17, 15) is 9.59 Å². The van der Waals surface area contributed by atoms with Gasteiger partial charge in [0.1, 0.15) is 0 Å². The van der Waals surface area contributed by atoms with Crippen LogP contribution >= 0.6 is 11.6 Å². The fraction of sp³-hybridized carbons (Fsp3) is 0.455. The molecule has 1 heterocycles. The minimum atomic E-state index is -0.277. The number of H-pyrrole nitrogens is 1. The zero-order valence-corrected chi connectivity index (χ0v) is 10.1. The van der Waals surface area contributed by atoms with Crippen LogP contribution in [0.2, 0.25) is 0 Å². The number of carbonyl (C=O) groups is 1. The lowest BCUT2D eigenvalue weighted by Crippen LogP contribution is -2.38. The molecule has 0 atom stereocenters. The number of hydrogen-bond donors (Lipinski definition) is 1. The largest absolute Gasteiger partial charge is 0.335 e. The topological polar surface area (TPSA) is 53.2 Å². The number of aromatic amines is 1. The molecule has 16 heavy (non-hydrogen) atoms. The summed E-state index contributed by atoms with van der Waals surface area (Å²) < 4.78 is 0. The third-order valence-electron chi connectivity index (χ3n) is 2.23. The molecule has 0 saturated heterocycles. The van der Waals surface area contributed by atoms with Crippen molar-refractivity contribution in [2.24, 2.45) is 0 Å². The maximum Gasteiger partial charge on any atom is 0.254 e. The van der Waals surface area contributed by atoms with Gasteiger partial charge in [-0.15, -0.1) is 11.6 Å². The van der Waals surface area contributed by atoms with Crippen molar-refractivity contribution >= 4 is 17.5 Å². The van der Waals surface area contributed by atoms with Gasteiger partial charge in [-0.05, 0) is 19.9 Å². The number of nitrogens with one attached hydrogen (secondary N) is 1. The van der Waals surface area contributed by atoms with Crippen LogP contribution in [0.4, 0.5) is 0 Å². The zero-order chi connectivity index (χ0) is 12.1. The fourth-order valence-electron chi connectivity index (χ4n) is 1.43. The second-order valence-electron chi connectivity index (χ2n) is 3.72. The molecule has 0 fully saturated rings. The van der Waals surface area contributed by atoms with E-state index in [1.165, 1.54) is 12.3 Å². The van der Waals surface area contributed by atoms with Crippen molar-refractivity contribution in [1.29, 1.82) is 0 Å². The lowest BCUT2D eigenvalue weighted by molar-refractivity contribution is 0.0718. The van der Waals surface area contributed by atoms with Crippen molar-refractivity contribution in [3.63, 3.8) is 0 Å². The van der Waals surface area contributed by atoms with Crippen LogP contribution in [0, 0.1) is 0 Å². The van der Waals surface area contributed by atoms with Gasteiger partial charge in [0, 0.05) is 36.3 Å². The van der Waals surface area contributed by atoms with E-state index in [0.29, 0.717) is 18.0 Å². The molecule has 0 spiro atoms. The number of hydrogen-bond acceptors (Lipinski definition) is 2. The lowest BCUT2D eigenvalue weighted by atomic mass is 10.2. The summed E-state index contributed by atoms with van der Waals surface area (Å²) in [6.07, 6.45) is 1.47. The molecule has 1 aromatic rings. The Morgan fingerprint density at radius 3 is 2.75 bits per heavy atom. The van der Waals surface area contributed by atoms with E-state index in [2.05, 4.69) is 4.98 Å². The Hall–Kier alpha value is -1.29. The summed E-state index contributed by atoms with van der Waals surface area (Å²) in [5.41, 5.74) is 0.114. The van der Waals surface area contributed by atoms with E-state index in [-0.39, 0.29) is 17.5 Å². The second kappa shape index (κ2) is 5.70. The minimum Gasteiger partial charge on any atom is -0.335 e. The SMILES string of the molecule is CC(C)N(CCCl)C(=O)c1cc[nH]c(=O)c1. The van der Waals surface area contributed by atoms with Gasteiger partial charge >= 0.3 is 0 Å². The van der Waals surface area contributed by atoms with Gasteiger partial charge in [-0.25, -0.2) is 0 Å². The third kappa shape index (κ3) is 3.10. The molecule has 1 amide bonds. The molecular weight excluding hydrogens is 228 g/mol. The first-order valence-electron chi connectivity index (χ1n) is 5.12. The molecule has 0 aliphatic heterocycles. The molecule has 88 valence electrons. The summed E-state index contributed by atoms with van der Waals surface area (Å²) >= 11 is 5.64. The Balaban J connectivity index is 2.94. The Morgan fingerprint density at radius 2 is 2.25 bits per heavy atom. The summed E-state index contributed by atoms with van der Waals surface area (Å²) in [7, 11) is 0. The van der Waals surface area contributed by atoms with E-state index < -0.39 is 0 Å². The van der Waals surface area contributed by atoms with Crippen molar-refractivity contribution in [2.45, 2.75) is 19.9 Å². The molecule has 0 aliphatic rings. The van der Waals surface area contributed by atoms with E-state index in [1.807, 2.05) is 13.8 Å². The normalized spacial score (nSPS) is 10.5. The monoisotopic (exact) mass is 242 g/mol. The van der Waals surface area contributed by atoms with Crippen LogP contribution < -0.4 is 5.56 Å². The number of carbonyl (C=O) groups excluding carboxylic acids is 1. The summed E-state index contributed by atoms with van der Waals surface area (Å²) in [5, 5.41) is 0. The van der Waals surface area contributed by atoms with Crippen LogP contribution in [-0.4, -0.2) is 34.3 Å². The van der Waals surface area contributed by atoms with Gasteiger partial charge in [0.2, 0.25) is 5.56 Å². The van der Waals surface area contributed by atoms with Gasteiger partial charge < -0.3 is 9.88 Å². The average Bonchev–Trinajstić information content (AvgIpc) is 2.24. The highest BCUT2D eigenvalue weighted by atomic mass is 35.5. The molecule has 0 aromatic carbocycles. The predicted octanol–water partition coefficient (Wildman–Crippen LogP) is 1.46. The highest BCUT2D eigenvalue weighted by Gasteiger charge is 2.18. The number of alkyl halides is 1. The standard InChI is InChI=1S/C11H15ClN2O2/c1-8(2)14(6-4-12)11(16)9-3-5-13-10(15)7-9/h3,5,7-8H,4,6H2,1-2H3,(H,13,15). The van der Waals surface area contributed by atoms with Crippen molar-refractivity contribution in [2.75, 3.05) is 12.4 Å². The maximum absolute atomic E-state index is 12.0. The number of nitrogens with zero attached hydrogens (tertiary/aromatic N) is 1.